The molecule has 480 valence electrons. The molecule has 5 aromatic carbocycles. The van der Waals surface area contributed by atoms with Gasteiger partial charge in [0.2, 0.25) is 0 Å². The lowest BCUT2D eigenvalue weighted by Gasteiger charge is -2.35. The molecule has 0 fully saturated rings. The van der Waals surface area contributed by atoms with Gasteiger partial charge in [-0.05, 0) is 239 Å². The van der Waals surface area contributed by atoms with Gasteiger partial charge >= 0.3 is 0 Å². The maximum Gasteiger partial charge on any atom is 0.119 e. The van der Waals surface area contributed by atoms with Gasteiger partial charge in [-0.3, -0.25) is 0 Å². The second-order valence-electron chi connectivity index (χ2n) is 24.7. The topological polar surface area (TPSA) is 93.6 Å². The maximum absolute atomic E-state index is 10.9. The van der Waals surface area contributed by atoms with Gasteiger partial charge < -0.3 is 53.7 Å². The molecule has 11 nitrogen and oxygen atoms in total. The largest absolute Gasteiger partial charge is 0.508 e. The Kier molecular flexibility index (Phi) is 38.0. The number of rotatable bonds is 28. The molecule has 0 saturated carbocycles. The van der Waals surface area contributed by atoms with Gasteiger partial charge in [0.25, 0.3) is 0 Å². The number of hydrogen-bond donors (Lipinski definition) is 2. The normalized spacial score (nSPS) is 15.0. The third-order valence-corrected chi connectivity index (χ3v) is 16.1. The summed E-state index contributed by atoms with van der Waals surface area (Å²) in [6.45, 7) is 27.3. The molecule has 0 bridgehead atoms. The molecule has 0 aliphatic rings. The third kappa shape index (κ3) is 28.3. The Balaban J connectivity index is 0.00000105. The highest BCUT2D eigenvalue weighted by molar-refractivity contribution is 5.68. The maximum atomic E-state index is 10.9. The molecular weight excluding hydrogens is 1050 g/mol. The average Bonchev–Trinajstić information content (AvgIpc) is 3.54. The standard InChI is InChI=1S/C15H25NO2.2C15H25NO.C15H23NO.C14H23NO.H2/c1-6-15(17,12(2)11-16(3)4)13-8-7-9-14(10-13)18-5;3*1-6-15(12(2)11-16(3)4)13-8-7-9-14(10-13)17-5;1-5-14(11(2)10-15(3)4)12-7-6-8-13(16)9-12;/h7-10,12,17H,6,11H2,1-5H3;2*7-10,12,15H,6,11H2,1-5H3;6-10,12H,11H2,1-5H3;6-9,11,14,16H,5,10H2,1-4H3;1H/t12-,15?;12-,15+;12-,15-;12-;11-,14+;/m00000./s1. The average molecular weight is 1180 g/mol. The van der Waals surface area contributed by atoms with E-state index in [-0.39, 0.29) is 7.34 Å². The summed E-state index contributed by atoms with van der Waals surface area (Å²) in [5.74, 6) is 8.30. The van der Waals surface area contributed by atoms with Crippen LogP contribution in [0, 0.1) is 29.6 Å². The van der Waals surface area contributed by atoms with E-state index < -0.39 is 5.60 Å². The van der Waals surface area contributed by atoms with Crippen molar-refractivity contribution < 1.29 is 30.6 Å². The van der Waals surface area contributed by atoms with E-state index in [0.29, 0.717) is 53.6 Å². The Labute approximate surface area is 521 Å². The van der Waals surface area contributed by atoms with Gasteiger partial charge in [0, 0.05) is 40.1 Å². The fourth-order valence-electron chi connectivity index (χ4n) is 12.1. The van der Waals surface area contributed by atoms with Gasteiger partial charge in [-0.1, -0.05) is 129 Å². The molecular formula is C74H123N5O6. The van der Waals surface area contributed by atoms with Crippen LogP contribution in [0.15, 0.2) is 127 Å². The van der Waals surface area contributed by atoms with Gasteiger partial charge in [-0.25, -0.2) is 0 Å². The summed E-state index contributed by atoms with van der Waals surface area (Å²) >= 11 is 0. The van der Waals surface area contributed by atoms with Crippen LogP contribution in [0.5, 0.6) is 28.7 Å². The lowest BCUT2D eigenvalue weighted by molar-refractivity contribution is -0.0293. The number of aromatic hydroxyl groups is 1. The van der Waals surface area contributed by atoms with Gasteiger partial charge in [-0.2, -0.15) is 0 Å². The van der Waals surface area contributed by atoms with Crippen LogP contribution in [0.2, 0.25) is 0 Å². The molecule has 9 atom stereocenters. The van der Waals surface area contributed by atoms with Crippen LogP contribution < -0.4 is 18.9 Å². The van der Waals surface area contributed by atoms with Crippen molar-refractivity contribution in [3.05, 3.63) is 155 Å². The predicted octanol–water partition coefficient (Wildman–Crippen LogP) is 15.9. The minimum absolute atomic E-state index is 0. The third-order valence-electron chi connectivity index (χ3n) is 16.1. The zero-order valence-corrected chi connectivity index (χ0v) is 57.9. The first-order chi connectivity index (χ1) is 40.2. The van der Waals surface area contributed by atoms with Crippen LogP contribution >= 0.6 is 0 Å². The molecule has 1 unspecified atom stereocenters. The van der Waals surface area contributed by atoms with E-state index in [1.807, 2.05) is 81.7 Å². The molecule has 0 radical (unpaired) electrons. The smallest absolute Gasteiger partial charge is 0.119 e. The molecule has 0 aliphatic carbocycles. The number of methoxy groups -OCH3 is 4. The van der Waals surface area contributed by atoms with E-state index in [4.69, 9.17) is 18.9 Å². The van der Waals surface area contributed by atoms with Crippen molar-refractivity contribution in [1.29, 1.82) is 0 Å². The highest BCUT2D eigenvalue weighted by atomic mass is 16.5. The van der Waals surface area contributed by atoms with Crippen molar-refractivity contribution in [1.82, 2.24) is 24.5 Å². The van der Waals surface area contributed by atoms with Crippen LogP contribution in [0.4, 0.5) is 0 Å². The quantitative estimate of drug-likeness (QED) is 0.0501. The molecule has 85 heavy (non-hydrogen) atoms. The van der Waals surface area contributed by atoms with E-state index in [9.17, 15) is 10.2 Å². The molecule has 0 spiro atoms. The Morgan fingerprint density at radius 1 is 0.459 bits per heavy atom. The molecule has 5 aromatic rings. The summed E-state index contributed by atoms with van der Waals surface area (Å²) in [4.78, 5) is 11.1. The fourth-order valence-corrected chi connectivity index (χ4v) is 12.1. The SMILES string of the molecule is CC=C(c1cccc(OC)c1)[C@@H](C)CN(C)C.CCC(O)(c1cccc(OC)c1)[C@@H](C)CN(C)C.CC[C@@H](c1cccc(O)c1)[C@@H](C)CN(C)C.CC[C@@H](c1cccc(OC)c1)[C@@H](C)CN(C)C.CC[C@H](c1cccc(OC)c1)[C@@H](C)CN(C)C.[HH]. The minimum atomic E-state index is -0.807. The van der Waals surface area contributed by atoms with Crippen molar-refractivity contribution in [3.8, 4) is 28.7 Å². The molecule has 0 amide bonds. The van der Waals surface area contributed by atoms with Gasteiger partial charge in [0.15, 0.2) is 0 Å². The number of aliphatic hydroxyl groups is 1. The number of nitrogens with zero attached hydrogens (tertiary/aromatic N) is 5. The van der Waals surface area contributed by atoms with Gasteiger partial charge in [0.1, 0.15) is 28.7 Å². The Bertz CT molecular complexity index is 2510. The summed E-state index contributed by atoms with van der Waals surface area (Å²) in [5.41, 5.74) is 6.77. The van der Waals surface area contributed by atoms with Gasteiger partial charge in [-0.15, -0.1) is 0 Å². The first-order valence-corrected chi connectivity index (χ1v) is 31.2. The van der Waals surface area contributed by atoms with Crippen molar-refractivity contribution in [3.63, 3.8) is 0 Å². The summed E-state index contributed by atoms with van der Waals surface area (Å²) in [7, 11) is 27.8. The number of phenolic OH excluding ortho intramolecular Hbond substituents is 1. The lowest BCUT2D eigenvalue weighted by atomic mass is 9.80. The lowest BCUT2D eigenvalue weighted by Crippen LogP contribution is -2.38. The summed E-state index contributed by atoms with van der Waals surface area (Å²) in [6.07, 6.45) is 6.33. The minimum Gasteiger partial charge on any atom is -0.508 e. The molecule has 5 rings (SSSR count). The molecule has 11 heteroatoms. The second kappa shape index (κ2) is 41.7. The molecule has 0 aliphatic heterocycles. The zero-order chi connectivity index (χ0) is 64.4. The highest BCUT2D eigenvalue weighted by Crippen LogP contribution is 2.36. The van der Waals surface area contributed by atoms with Crippen molar-refractivity contribution in [2.45, 2.75) is 118 Å². The van der Waals surface area contributed by atoms with Crippen molar-refractivity contribution in [2.24, 2.45) is 29.6 Å². The number of ether oxygens (including phenoxy) is 4. The highest BCUT2D eigenvalue weighted by Gasteiger charge is 2.34. The Morgan fingerprint density at radius 3 is 1.14 bits per heavy atom. The number of allylic oxidation sites excluding steroid dienone is 1. The molecule has 0 aromatic heterocycles. The van der Waals surface area contributed by atoms with E-state index >= 15 is 0 Å². The number of benzene rings is 5. The zero-order valence-electron chi connectivity index (χ0n) is 57.9. The van der Waals surface area contributed by atoms with Crippen LogP contribution in [-0.4, -0.2) is 166 Å². The first-order valence-electron chi connectivity index (χ1n) is 31.2. The summed E-state index contributed by atoms with van der Waals surface area (Å²) in [6, 6.07) is 40.6. The van der Waals surface area contributed by atoms with E-state index in [2.05, 4.69) is 204 Å². The number of phenols is 1. The monoisotopic (exact) mass is 1180 g/mol. The predicted molar refractivity (Wildman–Crippen MR) is 368 cm³/mol. The van der Waals surface area contributed by atoms with Crippen LogP contribution in [0.25, 0.3) is 5.57 Å². The van der Waals surface area contributed by atoms with E-state index in [1.54, 1.807) is 34.5 Å². The molecule has 0 saturated heterocycles. The Hall–Kier alpha value is -5.40. The first kappa shape index (κ1) is 77.6. The number of hydrogen-bond acceptors (Lipinski definition) is 11. The van der Waals surface area contributed by atoms with Crippen LogP contribution in [0.3, 0.4) is 0 Å². The van der Waals surface area contributed by atoms with Gasteiger partial charge in [0.05, 0.1) is 34.0 Å². The Morgan fingerprint density at radius 2 is 0.800 bits per heavy atom. The molecule has 2 N–H and O–H groups in total. The second-order valence-corrected chi connectivity index (χ2v) is 24.7. The van der Waals surface area contributed by atoms with Crippen LogP contribution in [-0.2, 0) is 5.60 Å². The molecule has 0 heterocycles. The van der Waals surface area contributed by atoms with E-state index in [0.717, 1.165) is 67.7 Å². The van der Waals surface area contributed by atoms with Crippen molar-refractivity contribution in [2.75, 3.05) is 132 Å². The summed E-state index contributed by atoms with van der Waals surface area (Å²) < 4.78 is 21.1. The summed E-state index contributed by atoms with van der Waals surface area (Å²) in [5, 5.41) is 20.5. The van der Waals surface area contributed by atoms with Crippen molar-refractivity contribution >= 4 is 5.57 Å². The van der Waals surface area contributed by atoms with Crippen LogP contribution in [0.1, 0.15) is 142 Å². The fraction of sp³-hybridized carbons (Fsp3) is 0.568. The van der Waals surface area contributed by atoms with E-state index in [1.165, 1.54) is 40.7 Å².